The highest BCUT2D eigenvalue weighted by molar-refractivity contribution is 5.88. The van der Waals surface area contributed by atoms with Crippen LogP contribution in [0.5, 0.6) is 0 Å². The maximum absolute atomic E-state index is 5.66. The van der Waals surface area contributed by atoms with Crippen molar-refractivity contribution in [2.75, 3.05) is 26.3 Å². The average Bonchev–Trinajstić information content (AvgIpc) is 2.45. The first-order valence-electron chi connectivity index (χ1n) is 7.08. The number of hydrogen-bond donors (Lipinski definition) is 1. The fourth-order valence-corrected chi connectivity index (χ4v) is 2.34. The van der Waals surface area contributed by atoms with Crippen LogP contribution in [0.1, 0.15) is 18.1 Å². The third kappa shape index (κ3) is 3.79. The molecule has 0 amide bonds. The Hall–Kier alpha value is -1.38. The van der Waals surface area contributed by atoms with Gasteiger partial charge >= 0.3 is 0 Å². The number of fused-ring (bicyclic) bond motifs is 1. The molecule has 0 aliphatic heterocycles. The number of ether oxygens (including phenoxy) is 1. The lowest BCUT2D eigenvalue weighted by atomic mass is 9.99. The summed E-state index contributed by atoms with van der Waals surface area (Å²) in [5.41, 5.74) is 2.72. The number of hydrogen-bond acceptors (Lipinski definition) is 2. The average molecular weight is 257 g/mol. The van der Waals surface area contributed by atoms with Crippen molar-refractivity contribution < 1.29 is 4.74 Å². The van der Waals surface area contributed by atoms with Crippen LogP contribution < -0.4 is 5.32 Å². The molecule has 0 aromatic heterocycles. The number of likely N-dealkylation sites (N-methyl/N-ethyl adjacent to an activating group) is 1. The van der Waals surface area contributed by atoms with E-state index < -0.39 is 0 Å². The van der Waals surface area contributed by atoms with Gasteiger partial charge in [0.15, 0.2) is 0 Å². The zero-order chi connectivity index (χ0) is 13.5. The van der Waals surface area contributed by atoms with Crippen LogP contribution in [-0.2, 0) is 11.2 Å². The van der Waals surface area contributed by atoms with Crippen LogP contribution in [0.4, 0.5) is 0 Å². The minimum Gasteiger partial charge on any atom is -0.380 e. The predicted octanol–water partition coefficient (Wildman–Crippen LogP) is 3.32. The lowest BCUT2D eigenvalue weighted by Crippen LogP contribution is -2.19. The number of benzene rings is 2. The fourth-order valence-electron chi connectivity index (χ4n) is 2.34. The van der Waals surface area contributed by atoms with Gasteiger partial charge in [-0.25, -0.2) is 0 Å². The monoisotopic (exact) mass is 257 g/mol. The summed E-state index contributed by atoms with van der Waals surface area (Å²) in [6, 6.07) is 13.0. The lowest BCUT2D eigenvalue weighted by molar-refractivity contribution is 0.139. The summed E-state index contributed by atoms with van der Waals surface area (Å²) in [6.45, 7) is 7.80. The van der Waals surface area contributed by atoms with E-state index in [1.54, 1.807) is 0 Å². The van der Waals surface area contributed by atoms with Crippen molar-refractivity contribution in [1.82, 2.24) is 5.32 Å². The smallest absolute Gasteiger partial charge is 0.0591 e. The fraction of sp³-hybridized carbons (Fsp3) is 0.412. The molecular formula is C17H23NO. The van der Waals surface area contributed by atoms with E-state index in [-0.39, 0.29) is 0 Å². The Bertz CT molecular complexity index is 522. The summed E-state index contributed by atoms with van der Waals surface area (Å²) in [5.74, 6) is 0. The summed E-state index contributed by atoms with van der Waals surface area (Å²) in [6.07, 6.45) is 0.979. The first-order chi connectivity index (χ1) is 9.33. The Morgan fingerprint density at radius 2 is 1.79 bits per heavy atom. The van der Waals surface area contributed by atoms with E-state index in [0.717, 1.165) is 32.7 Å². The van der Waals surface area contributed by atoms with Crippen molar-refractivity contribution in [3.05, 3.63) is 47.5 Å². The second-order valence-corrected chi connectivity index (χ2v) is 4.80. The van der Waals surface area contributed by atoms with Crippen molar-refractivity contribution in [2.45, 2.75) is 20.3 Å². The van der Waals surface area contributed by atoms with Gasteiger partial charge in [0.25, 0.3) is 0 Å². The van der Waals surface area contributed by atoms with Crippen molar-refractivity contribution >= 4 is 10.8 Å². The molecule has 0 unspecified atom stereocenters. The second kappa shape index (κ2) is 7.27. The molecule has 2 nitrogen and oxygen atoms in total. The van der Waals surface area contributed by atoms with Crippen molar-refractivity contribution in [2.24, 2.45) is 0 Å². The molecule has 0 saturated carbocycles. The topological polar surface area (TPSA) is 21.3 Å². The Kier molecular flexibility index (Phi) is 5.37. The Balaban J connectivity index is 1.96. The molecule has 0 radical (unpaired) electrons. The minimum absolute atomic E-state index is 0.789. The number of nitrogens with one attached hydrogen (secondary N) is 1. The highest BCUT2D eigenvalue weighted by Crippen LogP contribution is 2.22. The zero-order valence-corrected chi connectivity index (χ0v) is 11.9. The van der Waals surface area contributed by atoms with Gasteiger partial charge in [0.1, 0.15) is 0 Å². The van der Waals surface area contributed by atoms with Crippen LogP contribution in [0.2, 0.25) is 0 Å². The molecular weight excluding hydrogens is 234 g/mol. The number of rotatable bonds is 7. The molecule has 19 heavy (non-hydrogen) atoms. The Morgan fingerprint density at radius 1 is 1.00 bits per heavy atom. The molecule has 0 aliphatic rings. The van der Waals surface area contributed by atoms with E-state index in [9.17, 15) is 0 Å². The van der Waals surface area contributed by atoms with E-state index in [1.807, 2.05) is 0 Å². The molecule has 0 aliphatic carbocycles. The molecule has 102 valence electrons. The van der Waals surface area contributed by atoms with Gasteiger partial charge in [0.2, 0.25) is 0 Å². The molecule has 2 rings (SSSR count). The second-order valence-electron chi connectivity index (χ2n) is 4.80. The van der Waals surface area contributed by atoms with Crippen LogP contribution in [0.3, 0.4) is 0 Å². The first-order valence-corrected chi connectivity index (χ1v) is 7.08. The van der Waals surface area contributed by atoms with Gasteiger partial charge in [0, 0.05) is 6.54 Å². The van der Waals surface area contributed by atoms with Crippen molar-refractivity contribution in [3.63, 3.8) is 0 Å². The predicted molar refractivity (Wildman–Crippen MR) is 81.8 cm³/mol. The first kappa shape index (κ1) is 14.0. The van der Waals surface area contributed by atoms with Crippen LogP contribution >= 0.6 is 0 Å². The molecule has 0 fully saturated rings. The standard InChI is InChI=1S/C17H23NO/c1-3-18-11-13-19-12-10-15-9-8-14(2)16-6-4-5-7-17(15)16/h4-9,18H,3,10-13H2,1-2H3. The molecule has 0 spiro atoms. The van der Waals surface area contributed by atoms with E-state index in [0.29, 0.717) is 0 Å². The molecule has 0 bridgehead atoms. The zero-order valence-electron chi connectivity index (χ0n) is 11.9. The highest BCUT2D eigenvalue weighted by Gasteiger charge is 2.02. The van der Waals surface area contributed by atoms with E-state index in [4.69, 9.17) is 4.74 Å². The van der Waals surface area contributed by atoms with Gasteiger partial charge in [-0.2, -0.15) is 0 Å². The van der Waals surface area contributed by atoms with Gasteiger partial charge in [0.05, 0.1) is 13.2 Å². The summed E-state index contributed by atoms with van der Waals surface area (Å²) in [7, 11) is 0. The SMILES string of the molecule is CCNCCOCCc1ccc(C)c2ccccc12. The Morgan fingerprint density at radius 3 is 2.58 bits per heavy atom. The van der Waals surface area contributed by atoms with E-state index in [2.05, 4.69) is 55.6 Å². The van der Waals surface area contributed by atoms with Crippen molar-refractivity contribution in [3.8, 4) is 0 Å². The van der Waals surface area contributed by atoms with Crippen LogP contribution in [-0.4, -0.2) is 26.3 Å². The molecule has 2 aromatic carbocycles. The van der Waals surface area contributed by atoms with Crippen LogP contribution in [0.15, 0.2) is 36.4 Å². The van der Waals surface area contributed by atoms with Crippen molar-refractivity contribution in [1.29, 1.82) is 0 Å². The van der Waals surface area contributed by atoms with Gasteiger partial charge < -0.3 is 10.1 Å². The van der Waals surface area contributed by atoms with Gasteiger partial charge in [-0.15, -0.1) is 0 Å². The summed E-state index contributed by atoms with van der Waals surface area (Å²) >= 11 is 0. The largest absolute Gasteiger partial charge is 0.380 e. The quantitative estimate of drug-likeness (QED) is 0.768. The summed E-state index contributed by atoms with van der Waals surface area (Å²) in [5, 5.41) is 5.97. The number of aryl methyl sites for hydroxylation is 1. The van der Waals surface area contributed by atoms with Crippen LogP contribution in [0, 0.1) is 6.92 Å². The third-order valence-corrected chi connectivity index (χ3v) is 3.42. The molecule has 0 atom stereocenters. The normalized spacial score (nSPS) is 11.1. The maximum atomic E-state index is 5.66. The molecule has 0 heterocycles. The molecule has 1 N–H and O–H groups in total. The lowest BCUT2D eigenvalue weighted by Gasteiger charge is -2.09. The van der Waals surface area contributed by atoms with Gasteiger partial charge in [-0.05, 0) is 41.8 Å². The summed E-state index contributed by atoms with van der Waals surface area (Å²) < 4.78 is 5.66. The third-order valence-electron chi connectivity index (χ3n) is 3.42. The van der Waals surface area contributed by atoms with Gasteiger partial charge in [-0.3, -0.25) is 0 Å². The molecule has 2 heteroatoms. The van der Waals surface area contributed by atoms with Crippen LogP contribution in [0.25, 0.3) is 10.8 Å². The van der Waals surface area contributed by atoms with E-state index in [1.165, 1.54) is 21.9 Å². The minimum atomic E-state index is 0.789. The summed E-state index contributed by atoms with van der Waals surface area (Å²) in [4.78, 5) is 0. The molecule has 0 saturated heterocycles. The van der Waals surface area contributed by atoms with Gasteiger partial charge in [-0.1, -0.05) is 43.3 Å². The van der Waals surface area contributed by atoms with E-state index >= 15 is 0 Å². The Labute approximate surface area is 115 Å². The maximum Gasteiger partial charge on any atom is 0.0591 e. The molecule has 2 aromatic rings. The highest BCUT2D eigenvalue weighted by atomic mass is 16.5.